The van der Waals surface area contributed by atoms with Gasteiger partial charge in [-0.05, 0) is 63.4 Å². The molecule has 0 radical (unpaired) electrons. The summed E-state index contributed by atoms with van der Waals surface area (Å²) < 4.78 is 3.55. The summed E-state index contributed by atoms with van der Waals surface area (Å²) in [5, 5.41) is 8.51. The minimum Gasteiger partial charge on any atom is -0.322 e. The first-order chi connectivity index (χ1) is 16.0. The highest BCUT2D eigenvalue weighted by atomic mass is 16.1. The second kappa shape index (κ2) is 8.89. The van der Waals surface area contributed by atoms with Crippen LogP contribution < -0.4 is 10.9 Å². The van der Waals surface area contributed by atoms with Gasteiger partial charge in [-0.1, -0.05) is 32.0 Å². The standard InChI is InChI=1S/C27H31N5O2/c1-17(2)22-15-21(24-18(3)30-32(25(24)29-22)27(4,5)6)26(34)28-20-12-10-19(11-13-20)16-31-14-8-7-9-23(31)33/h7-15,17H,16H2,1-6H3,(H,28,34). The third-order valence-electron chi connectivity index (χ3n) is 5.77. The fraction of sp³-hybridized carbons (Fsp3) is 0.333. The van der Waals surface area contributed by atoms with Crippen molar-refractivity contribution < 1.29 is 4.79 Å². The highest BCUT2D eigenvalue weighted by Gasteiger charge is 2.25. The maximum atomic E-state index is 13.4. The van der Waals surface area contributed by atoms with Crippen molar-refractivity contribution in [2.75, 3.05) is 5.32 Å². The molecule has 0 unspecified atom stereocenters. The number of aryl methyl sites for hydroxylation is 1. The molecule has 0 spiro atoms. The third-order valence-corrected chi connectivity index (χ3v) is 5.77. The molecule has 4 rings (SSSR count). The van der Waals surface area contributed by atoms with Crippen LogP contribution in [-0.2, 0) is 12.1 Å². The first-order valence-electron chi connectivity index (χ1n) is 11.5. The van der Waals surface area contributed by atoms with Crippen molar-refractivity contribution >= 4 is 22.6 Å². The van der Waals surface area contributed by atoms with E-state index in [0.29, 0.717) is 17.8 Å². The first-order valence-corrected chi connectivity index (χ1v) is 11.5. The Balaban J connectivity index is 1.66. The molecule has 0 saturated carbocycles. The monoisotopic (exact) mass is 457 g/mol. The highest BCUT2D eigenvalue weighted by molar-refractivity contribution is 6.12. The minimum absolute atomic E-state index is 0.0475. The zero-order chi connectivity index (χ0) is 24.6. The molecule has 0 fully saturated rings. The number of fused-ring (bicyclic) bond motifs is 1. The molecule has 1 N–H and O–H groups in total. The lowest BCUT2D eigenvalue weighted by molar-refractivity contribution is 0.102. The Kier molecular flexibility index (Phi) is 6.13. The maximum absolute atomic E-state index is 13.4. The van der Waals surface area contributed by atoms with Crippen LogP contribution >= 0.6 is 0 Å². The summed E-state index contributed by atoms with van der Waals surface area (Å²) in [5.74, 6) is -0.0295. The van der Waals surface area contributed by atoms with Gasteiger partial charge >= 0.3 is 0 Å². The van der Waals surface area contributed by atoms with Gasteiger partial charge in [0.2, 0.25) is 0 Å². The molecule has 7 nitrogen and oxygen atoms in total. The van der Waals surface area contributed by atoms with Crippen molar-refractivity contribution in [3.8, 4) is 0 Å². The van der Waals surface area contributed by atoms with Crippen LogP contribution in [0.3, 0.4) is 0 Å². The number of hydrogen-bond donors (Lipinski definition) is 1. The van der Waals surface area contributed by atoms with Gasteiger partial charge in [-0.2, -0.15) is 5.10 Å². The van der Waals surface area contributed by atoms with Crippen molar-refractivity contribution in [2.24, 2.45) is 0 Å². The molecule has 0 aliphatic carbocycles. The quantitative estimate of drug-likeness (QED) is 0.453. The third kappa shape index (κ3) is 4.64. The number of rotatable bonds is 5. The van der Waals surface area contributed by atoms with Gasteiger partial charge in [-0.25, -0.2) is 9.67 Å². The van der Waals surface area contributed by atoms with Crippen LogP contribution in [0.4, 0.5) is 5.69 Å². The van der Waals surface area contributed by atoms with E-state index < -0.39 is 0 Å². The molecule has 176 valence electrons. The van der Waals surface area contributed by atoms with Crippen molar-refractivity contribution in [3.63, 3.8) is 0 Å². The van der Waals surface area contributed by atoms with E-state index in [2.05, 4.69) is 39.9 Å². The fourth-order valence-electron chi connectivity index (χ4n) is 3.93. The van der Waals surface area contributed by atoms with Crippen LogP contribution in [0.2, 0.25) is 0 Å². The van der Waals surface area contributed by atoms with Gasteiger partial charge in [0.15, 0.2) is 5.65 Å². The second-order valence-electron chi connectivity index (χ2n) is 9.93. The average molecular weight is 458 g/mol. The van der Waals surface area contributed by atoms with Gasteiger partial charge in [0.1, 0.15) is 0 Å². The van der Waals surface area contributed by atoms with E-state index >= 15 is 0 Å². The molecule has 0 bridgehead atoms. The molecular weight excluding hydrogens is 426 g/mol. The molecule has 4 aromatic rings. The normalized spacial score (nSPS) is 11.9. The lowest BCUT2D eigenvalue weighted by atomic mass is 10.0. The van der Waals surface area contributed by atoms with E-state index in [9.17, 15) is 9.59 Å². The number of aromatic nitrogens is 4. The minimum atomic E-state index is -0.264. The Hall–Kier alpha value is -3.74. The summed E-state index contributed by atoms with van der Waals surface area (Å²) >= 11 is 0. The topological polar surface area (TPSA) is 81.8 Å². The average Bonchev–Trinajstić information content (AvgIpc) is 3.13. The van der Waals surface area contributed by atoms with Crippen LogP contribution in [0.5, 0.6) is 0 Å². The number of anilines is 1. The Morgan fingerprint density at radius 3 is 2.41 bits per heavy atom. The Labute approximate surface area is 199 Å². The summed E-state index contributed by atoms with van der Waals surface area (Å²) in [7, 11) is 0. The molecule has 1 aromatic carbocycles. The summed E-state index contributed by atoms with van der Waals surface area (Å²) in [6, 6.07) is 14.5. The highest BCUT2D eigenvalue weighted by Crippen LogP contribution is 2.29. The molecule has 0 atom stereocenters. The van der Waals surface area contributed by atoms with E-state index in [-0.39, 0.29) is 22.9 Å². The number of nitrogens with one attached hydrogen (secondary N) is 1. The number of carbonyl (C=O) groups excluding carboxylic acids is 1. The van der Waals surface area contributed by atoms with Gasteiger partial charge in [0.05, 0.1) is 28.7 Å². The molecule has 7 heteroatoms. The fourth-order valence-corrected chi connectivity index (χ4v) is 3.93. The predicted octanol–water partition coefficient (Wildman–Crippen LogP) is 5.08. The molecular formula is C27H31N5O2. The maximum Gasteiger partial charge on any atom is 0.256 e. The molecule has 3 heterocycles. The van der Waals surface area contributed by atoms with Crippen molar-refractivity contribution in [3.05, 3.63) is 87.6 Å². The van der Waals surface area contributed by atoms with E-state index in [4.69, 9.17) is 10.1 Å². The number of benzene rings is 1. The van der Waals surface area contributed by atoms with Gasteiger partial charge in [0, 0.05) is 23.6 Å². The molecule has 0 aliphatic rings. The number of carbonyl (C=O) groups is 1. The van der Waals surface area contributed by atoms with Crippen LogP contribution in [0.25, 0.3) is 11.0 Å². The zero-order valence-corrected chi connectivity index (χ0v) is 20.6. The van der Waals surface area contributed by atoms with Crippen molar-refractivity contribution in [1.29, 1.82) is 0 Å². The lowest BCUT2D eigenvalue weighted by Crippen LogP contribution is -2.24. The van der Waals surface area contributed by atoms with Crippen LogP contribution in [0.15, 0.2) is 59.5 Å². The summed E-state index contributed by atoms with van der Waals surface area (Å²) in [4.78, 5) is 30.2. The van der Waals surface area contributed by atoms with E-state index in [1.165, 1.54) is 0 Å². The summed E-state index contributed by atoms with van der Waals surface area (Å²) in [6.07, 6.45) is 1.76. The number of nitrogens with zero attached hydrogens (tertiary/aromatic N) is 4. The van der Waals surface area contributed by atoms with E-state index in [1.54, 1.807) is 22.9 Å². The van der Waals surface area contributed by atoms with E-state index in [0.717, 1.165) is 28.0 Å². The smallest absolute Gasteiger partial charge is 0.256 e. The molecule has 0 saturated heterocycles. The molecule has 3 aromatic heterocycles. The first kappa shape index (κ1) is 23.4. The largest absolute Gasteiger partial charge is 0.322 e. The number of amides is 1. The second-order valence-corrected chi connectivity index (χ2v) is 9.93. The zero-order valence-electron chi connectivity index (χ0n) is 20.6. The Morgan fingerprint density at radius 1 is 1.09 bits per heavy atom. The van der Waals surface area contributed by atoms with Crippen molar-refractivity contribution in [2.45, 2.75) is 59.5 Å². The summed E-state index contributed by atoms with van der Waals surface area (Å²) in [5.41, 5.74) is 4.28. The van der Waals surface area contributed by atoms with E-state index in [1.807, 2.05) is 48.0 Å². The van der Waals surface area contributed by atoms with Gasteiger partial charge in [0.25, 0.3) is 11.5 Å². The molecule has 34 heavy (non-hydrogen) atoms. The van der Waals surface area contributed by atoms with Gasteiger partial charge in [-0.15, -0.1) is 0 Å². The van der Waals surface area contributed by atoms with Crippen LogP contribution in [0, 0.1) is 6.92 Å². The lowest BCUT2D eigenvalue weighted by Gasteiger charge is -2.20. The Morgan fingerprint density at radius 2 is 1.79 bits per heavy atom. The predicted molar refractivity (Wildman–Crippen MR) is 136 cm³/mol. The molecule has 1 amide bonds. The SMILES string of the molecule is Cc1nn(C(C)(C)C)c2nc(C(C)C)cc(C(=O)Nc3ccc(Cn4ccccc4=O)cc3)c12. The van der Waals surface area contributed by atoms with Gasteiger partial charge in [-0.3, -0.25) is 9.59 Å². The van der Waals surface area contributed by atoms with Crippen molar-refractivity contribution in [1.82, 2.24) is 19.3 Å². The number of pyridine rings is 2. The summed E-state index contributed by atoms with van der Waals surface area (Å²) in [6.45, 7) is 12.8. The van der Waals surface area contributed by atoms with Gasteiger partial charge < -0.3 is 9.88 Å². The van der Waals surface area contributed by atoms with Crippen LogP contribution in [-0.4, -0.2) is 25.2 Å². The number of hydrogen-bond acceptors (Lipinski definition) is 4. The Bertz CT molecular complexity index is 1410. The molecule has 0 aliphatic heterocycles. The van der Waals surface area contributed by atoms with Crippen LogP contribution in [0.1, 0.15) is 67.8 Å².